The average molecular weight is 239 g/mol. The highest BCUT2D eigenvalue weighted by Crippen LogP contribution is 2.33. The highest BCUT2D eigenvalue weighted by Gasteiger charge is 2.43. The lowest BCUT2D eigenvalue weighted by Crippen LogP contribution is -2.28. The lowest BCUT2D eigenvalue weighted by Gasteiger charge is -2.17. The number of rotatable bonds is 5. The zero-order chi connectivity index (χ0) is 12.2. The SMILES string of the molecule is O=C(O)CCCCN1CCC(C(F)(F)F)C1. The fourth-order valence-electron chi connectivity index (χ4n) is 1.91. The number of unbranched alkanes of at least 4 members (excludes halogenated alkanes) is 1. The van der Waals surface area contributed by atoms with Gasteiger partial charge in [0.25, 0.3) is 0 Å². The quantitative estimate of drug-likeness (QED) is 0.747. The van der Waals surface area contributed by atoms with Crippen LogP contribution in [0.15, 0.2) is 0 Å². The summed E-state index contributed by atoms with van der Waals surface area (Å²) >= 11 is 0. The number of alkyl halides is 3. The minimum absolute atomic E-state index is 0.0660. The molecule has 1 rings (SSSR count). The van der Waals surface area contributed by atoms with Gasteiger partial charge < -0.3 is 10.0 Å². The van der Waals surface area contributed by atoms with Crippen molar-refractivity contribution in [3.8, 4) is 0 Å². The Labute approximate surface area is 92.2 Å². The van der Waals surface area contributed by atoms with Crippen LogP contribution in [0, 0.1) is 5.92 Å². The standard InChI is InChI=1S/C10H16F3NO2/c11-10(12,13)8-4-6-14(7-8)5-2-1-3-9(15)16/h8H,1-7H2,(H,15,16). The van der Waals surface area contributed by atoms with Crippen molar-refractivity contribution in [2.24, 2.45) is 5.92 Å². The number of carbonyl (C=O) groups is 1. The molecular weight excluding hydrogens is 223 g/mol. The van der Waals surface area contributed by atoms with E-state index in [0.29, 0.717) is 25.9 Å². The number of carboxylic acids is 1. The number of halogens is 3. The van der Waals surface area contributed by atoms with E-state index in [1.165, 1.54) is 0 Å². The molecule has 1 aliphatic rings. The van der Waals surface area contributed by atoms with Crippen LogP contribution in [-0.4, -0.2) is 41.8 Å². The summed E-state index contributed by atoms with van der Waals surface area (Å²) in [6, 6.07) is 0. The van der Waals surface area contributed by atoms with Crippen molar-refractivity contribution in [2.75, 3.05) is 19.6 Å². The molecule has 0 aromatic carbocycles. The van der Waals surface area contributed by atoms with Gasteiger partial charge in [0.2, 0.25) is 0 Å². The van der Waals surface area contributed by atoms with Crippen molar-refractivity contribution in [1.29, 1.82) is 0 Å². The first-order valence-electron chi connectivity index (χ1n) is 5.40. The molecule has 0 bridgehead atoms. The Balaban J connectivity index is 2.15. The smallest absolute Gasteiger partial charge is 0.393 e. The summed E-state index contributed by atoms with van der Waals surface area (Å²) in [5, 5.41) is 8.39. The summed E-state index contributed by atoms with van der Waals surface area (Å²) < 4.78 is 37.0. The molecule has 1 aliphatic heterocycles. The number of aliphatic carboxylic acids is 1. The third-order valence-electron chi connectivity index (χ3n) is 2.85. The third-order valence-corrected chi connectivity index (χ3v) is 2.85. The van der Waals surface area contributed by atoms with Gasteiger partial charge in [0.1, 0.15) is 0 Å². The van der Waals surface area contributed by atoms with Crippen LogP contribution in [0.1, 0.15) is 25.7 Å². The highest BCUT2D eigenvalue weighted by atomic mass is 19.4. The molecule has 0 aliphatic carbocycles. The average Bonchev–Trinajstić information content (AvgIpc) is 2.59. The van der Waals surface area contributed by atoms with E-state index < -0.39 is 18.1 Å². The summed E-state index contributed by atoms with van der Waals surface area (Å²) in [6.07, 6.45) is -2.64. The third kappa shape index (κ3) is 4.38. The molecule has 0 aromatic rings. The summed E-state index contributed by atoms with van der Waals surface area (Å²) in [5.74, 6) is -2.05. The second kappa shape index (κ2) is 5.52. The summed E-state index contributed by atoms with van der Waals surface area (Å²) in [4.78, 5) is 12.0. The van der Waals surface area contributed by atoms with Crippen molar-refractivity contribution in [3.63, 3.8) is 0 Å². The second-order valence-electron chi connectivity index (χ2n) is 4.18. The van der Waals surface area contributed by atoms with Gasteiger partial charge in [-0.05, 0) is 32.4 Å². The summed E-state index contributed by atoms with van der Waals surface area (Å²) in [7, 11) is 0. The Morgan fingerprint density at radius 3 is 2.56 bits per heavy atom. The van der Waals surface area contributed by atoms with Crippen LogP contribution in [-0.2, 0) is 4.79 Å². The van der Waals surface area contributed by atoms with Crippen LogP contribution in [0.5, 0.6) is 0 Å². The Kier molecular flexibility index (Phi) is 4.58. The minimum atomic E-state index is -4.09. The molecule has 0 spiro atoms. The van der Waals surface area contributed by atoms with Gasteiger partial charge in [-0.3, -0.25) is 4.79 Å². The second-order valence-corrected chi connectivity index (χ2v) is 4.18. The number of hydrogen-bond acceptors (Lipinski definition) is 2. The molecule has 16 heavy (non-hydrogen) atoms. The summed E-state index contributed by atoms with van der Waals surface area (Å²) in [6.45, 7) is 1.10. The highest BCUT2D eigenvalue weighted by molar-refractivity contribution is 5.66. The van der Waals surface area contributed by atoms with E-state index in [9.17, 15) is 18.0 Å². The van der Waals surface area contributed by atoms with Gasteiger partial charge in [-0.1, -0.05) is 0 Å². The molecule has 3 nitrogen and oxygen atoms in total. The molecule has 1 unspecified atom stereocenters. The van der Waals surface area contributed by atoms with Crippen LogP contribution >= 0.6 is 0 Å². The van der Waals surface area contributed by atoms with Crippen LogP contribution in [0.2, 0.25) is 0 Å². The van der Waals surface area contributed by atoms with E-state index in [4.69, 9.17) is 5.11 Å². The van der Waals surface area contributed by atoms with Gasteiger partial charge in [0, 0.05) is 13.0 Å². The number of hydrogen-bond donors (Lipinski definition) is 1. The topological polar surface area (TPSA) is 40.5 Å². The normalized spacial score (nSPS) is 22.6. The van der Waals surface area contributed by atoms with E-state index in [2.05, 4.69) is 0 Å². The molecule has 0 amide bonds. The van der Waals surface area contributed by atoms with E-state index in [-0.39, 0.29) is 19.4 Å². The van der Waals surface area contributed by atoms with Crippen molar-refractivity contribution in [2.45, 2.75) is 31.9 Å². The van der Waals surface area contributed by atoms with Gasteiger partial charge in [0.15, 0.2) is 0 Å². The van der Waals surface area contributed by atoms with Gasteiger partial charge in [-0.25, -0.2) is 0 Å². The lowest BCUT2D eigenvalue weighted by atomic mass is 10.1. The predicted molar refractivity (Wildman–Crippen MR) is 52.1 cm³/mol. The molecule has 1 atom stereocenters. The van der Waals surface area contributed by atoms with E-state index in [0.717, 1.165) is 0 Å². The van der Waals surface area contributed by atoms with Gasteiger partial charge in [-0.2, -0.15) is 13.2 Å². The molecule has 1 saturated heterocycles. The van der Waals surface area contributed by atoms with Crippen molar-refractivity contribution in [3.05, 3.63) is 0 Å². The fraction of sp³-hybridized carbons (Fsp3) is 0.900. The maximum Gasteiger partial charge on any atom is 0.393 e. The van der Waals surface area contributed by atoms with Crippen molar-refractivity contribution < 1.29 is 23.1 Å². The Hall–Kier alpha value is -0.780. The van der Waals surface area contributed by atoms with Crippen LogP contribution < -0.4 is 0 Å². The minimum Gasteiger partial charge on any atom is -0.481 e. The first kappa shape index (κ1) is 13.3. The largest absolute Gasteiger partial charge is 0.481 e. The van der Waals surface area contributed by atoms with Crippen LogP contribution in [0.4, 0.5) is 13.2 Å². The molecule has 94 valence electrons. The predicted octanol–water partition coefficient (Wildman–Crippen LogP) is 2.13. The van der Waals surface area contributed by atoms with E-state index in [1.54, 1.807) is 4.90 Å². The molecular formula is C10H16F3NO2. The van der Waals surface area contributed by atoms with Crippen LogP contribution in [0.3, 0.4) is 0 Å². The number of likely N-dealkylation sites (tertiary alicyclic amines) is 1. The van der Waals surface area contributed by atoms with Crippen molar-refractivity contribution >= 4 is 5.97 Å². The van der Waals surface area contributed by atoms with Crippen molar-refractivity contribution in [1.82, 2.24) is 4.90 Å². The zero-order valence-electron chi connectivity index (χ0n) is 8.96. The Morgan fingerprint density at radius 1 is 1.38 bits per heavy atom. The number of carboxylic acid groups (broad SMARTS) is 1. The van der Waals surface area contributed by atoms with Crippen LogP contribution in [0.25, 0.3) is 0 Å². The monoisotopic (exact) mass is 239 g/mol. The van der Waals surface area contributed by atoms with E-state index in [1.807, 2.05) is 0 Å². The molecule has 0 aromatic heterocycles. The first-order valence-corrected chi connectivity index (χ1v) is 5.40. The first-order chi connectivity index (χ1) is 7.39. The molecule has 0 radical (unpaired) electrons. The maximum atomic E-state index is 12.3. The number of nitrogens with zero attached hydrogens (tertiary/aromatic N) is 1. The van der Waals surface area contributed by atoms with E-state index >= 15 is 0 Å². The Morgan fingerprint density at radius 2 is 2.06 bits per heavy atom. The fourth-order valence-corrected chi connectivity index (χ4v) is 1.91. The van der Waals surface area contributed by atoms with Gasteiger partial charge in [-0.15, -0.1) is 0 Å². The lowest BCUT2D eigenvalue weighted by molar-refractivity contribution is -0.170. The molecule has 1 heterocycles. The zero-order valence-corrected chi connectivity index (χ0v) is 8.96. The van der Waals surface area contributed by atoms with Gasteiger partial charge in [0.05, 0.1) is 5.92 Å². The molecule has 1 N–H and O–H groups in total. The molecule has 0 saturated carbocycles. The molecule has 1 fully saturated rings. The summed E-state index contributed by atoms with van der Waals surface area (Å²) in [5.41, 5.74) is 0. The Bertz CT molecular complexity index is 243. The maximum absolute atomic E-state index is 12.3. The molecule has 6 heteroatoms. The van der Waals surface area contributed by atoms with Gasteiger partial charge >= 0.3 is 12.1 Å².